The highest BCUT2D eigenvalue weighted by Crippen LogP contribution is 2.25. The summed E-state index contributed by atoms with van der Waals surface area (Å²) in [6, 6.07) is 2.13. The fourth-order valence-electron chi connectivity index (χ4n) is 1.99. The van der Waals surface area contributed by atoms with Crippen molar-refractivity contribution < 1.29 is 8.42 Å². The molecule has 4 nitrogen and oxygen atoms in total. The van der Waals surface area contributed by atoms with E-state index in [-0.39, 0.29) is 18.4 Å². The number of aryl methyl sites for hydroxylation is 2. The van der Waals surface area contributed by atoms with E-state index in [2.05, 4.69) is 10.0 Å². The normalized spacial score (nSPS) is 12.9. The van der Waals surface area contributed by atoms with Crippen LogP contribution in [0.15, 0.2) is 11.0 Å². The average molecular weight is 321 g/mol. The van der Waals surface area contributed by atoms with Crippen LogP contribution in [0, 0.1) is 27.7 Å². The lowest BCUT2D eigenvalue weighted by Crippen LogP contribution is -2.37. The minimum atomic E-state index is -3.46. The predicted octanol–water partition coefficient (Wildman–Crippen LogP) is 2.23. The van der Waals surface area contributed by atoms with Gasteiger partial charge in [-0.05, 0) is 63.9 Å². The van der Waals surface area contributed by atoms with Gasteiger partial charge in [-0.25, -0.2) is 13.1 Å². The standard InChI is InChI=1S/C14H24N2O2S.ClH/c1-9-7-10(2)13(5)14(12(9)4)19(17,18)16-8-11(3)15-6;/h7,11,15-16H,8H2,1-6H3;1H. The number of sulfonamides is 1. The number of likely N-dealkylation sites (N-methyl/N-ethyl adjacent to an activating group) is 1. The van der Waals surface area contributed by atoms with Crippen LogP contribution in [0.2, 0.25) is 0 Å². The van der Waals surface area contributed by atoms with E-state index in [0.717, 1.165) is 22.3 Å². The van der Waals surface area contributed by atoms with Gasteiger partial charge in [-0.3, -0.25) is 0 Å². The van der Waals surface area contributed by atoms with E-state index in [1.807, 2.05) is 47.7 Å². The first-order valence-electron chi connectivity index (χ1n) is 6.45. The Hall–Kier alpha value is -0.620. The molecule has 0 saturated heterocycles. The highest BCUT2D eigenvalue weighted by Gasteiger charge is 2.22. The van der Waals surface area contributed by atoms with Crippen molar-refractivity contribution in [2.75, 3.05) is 13.6 Å². The van der Waals surface area contributed by atoms with Gasteiger partial charge in [-0.2, -0.15) is 0 Å². The number of hydrogen-bond acceptors (Lipinski definition) is 3. The third-order valence-electron chi connectivity index (χ3n) is 3.64. The second-order valence-electron chi connectivity index (χ2n) is 5.13. The van der Waals surface area contributed by atoms with Crippen LogP contribution in [0.5, 0.6) is 0 Å². The average Bonchev–Trinajstić information content (AvgIpc) is 2.33. The molecular weight excluding hydrogens is 296 g/mol. The van der Waals surface area contributed by atoms with Crippen molar-refractivity contribution >= 4 is 22.4 Å². The van der Waals surface area contributed by atoms with Crippen LogP contribution in [0.3, 0.4) is 0 Å². The summed E-state index contributed by atoms with van der Waals surface area (Å²) in [5.74, 6) is 0. The van der Waals surface area contributed by atoms with Gasteiger partial charge in [0.25, 0.3) is 0 Å². The Kier molecular flexibility index (Phi) is 7.18. The van der Waals surface area contributed by atoms with E-state index in [1.165, 1.54) is 0 Å². The Labute approximate surface area is 128 Å². The fourth-order valence-corrected chi connectivity index (χ4v) is 3.73. The molecule has 0 aliphatic rings. The Morgan fingerprint density at radius 2 is 1.55 bits per heavy atom. The molecule has 0 aliphatic carbocycles. The van der Waals surface area contributed by atoms with Crippen LogP contribution >= 0.6 is 12.4 Å². The zero-order valence-electron chi connectivity index (χ0n) is 13.0. The van der Waals surface area contributed by atoms with Crippen LogP contribution in [0.25, 0.3) is 0 Å². The molecule has 0 radical (unpaired) electrons. The van der Waals surface area contributed by atoms with E-state index in [0.29, 0.717) is 11.4 Å². The fraction of sp³-hybridized carbons (Fsp3) is 0.571. The van der Waals surface area contributed by atoms with Gasteiger partial charge in [0.05, 0.1) is 4.90 Å². The van der Waals surface area contributed by atoms with Crippen molar-refractivity contribution in [3.05, 3.63) is 28.3 Å². The number of hydrogen-bond donors (Lipinski definition) is 2. The summed E-state index contributed by atoms with van der Waals surface area (Å²) >= 11 is 0. The second-order valence-corrected chi connectivity index (χ2v) is 6.83. The van der Waals surface area contributed by atoms with E-state index in [1.54, 1.807) is 0 Å². The topological polar surface area (TPSA) is 58.2 Å². The van der Waals surface area contributed by atoms with Gasteiger partial charge >= 0.3 is 0 Å². The number of nitrogens with one attached hydrogen (secondary N) is 2. The van der Waals surface area contributed by atoms with E-state index in [9.17, 15) is 8.42 Å². The lowest BCUT2D eigenvalue weighted by molar-refractivity contribution is 0.553. The van der Waals surface area contributed by atoms with Gasteiger partial charge in [0.2, 0.25) is 10.0 Å². The van der Waals surface area contributed by atoms with Crippen molar-refractivity contribution in [2.24, 2.45) is 0 Å². The first-order valence-corrected chi connectivity index (χ1v) is 7.93. The third-order valence-corrected chi connectivity index (χ3v) is 5.33. The molecule has 1 rings (SSSR count). The van der Waals surface area contributed by atoms with E-state index < -0.39 is 10.0 Å². The summed E-state index contributed by atoms with van der Waals surface area (Å²) in [6.45, 7) is 9.91. The summed E-state index contributed by atoms with van der Waals surface area (Å²) in [5, 5.41) is 3.01. The first-order chi connectivity index (χ1) is 8.70. The minimum absolute atomic E-state index is 0. The van der Waals surface area contributed by atoms with E-state index in [4.69, 9.17) is 0 Å². The number of benzene rings is 1. The Morgan fingerprint density at radius 1 is 1.10 bits per heavy atom. The van der Waals surface area contributed by atoms with Gasteiger partial charge in [0.15, 0.2) is 0 Å². The number of rotatable bonds is 5. The highest BCUT2D eigenvalue weighted by atomic mass is 35.5. The van der Waals surface area contributed by atoms with Crippen molar-refractivity contribution in [1.29, 1.82) is 0 Å². The van der Waals surface area contributed by atoms with Crippen LogP contribution in [-0.4, -0.2) is 28.1 Å². The third kappa shape index (κ3) is 4.19. The summed E-state index contributed by atoms with van der Waals surface area (Å²) in [7, 11) is -1.65. The lowest BCUT2D eigenvalue weighted by atomic mass is 10.0. The molecule has 116 valence electrons. The smallest absolute Gasteiger partial charge is 0.241 e. The molecule has 0 heterocycles. The summed E-state index contributed by atoms with van der Waals surface area (Å²) < 4.78 is 27.6. The Balaban J connectivity index is 0.00000361. The molecule has 1 aromatic rings. The summed E-state index contributed by atoms with van der Waals surface area (Å²) in [4.78, 5) is 0.424. The van der Waals surface area contributed by atoms with Crippen LogP contribution in [0.4, 0.5) is 0 Å². The van der Waals surface area contributed by atoms with Crippen molar-refractivity contribution in [3.8, 4) is 0 Å². The molecule has 2 N–H and O–H groups in total. The van der Waals surface area contributed by atoms with Crippen LogP contribution in [-0.2, 0) is 10.0 Å². The summed E-state index contributed by atoms with van der Waals surface area (Å²) in [6.07, 6.45) is 0. The van der Waals surface area contributed by atoms with Crippen molar-refractivity contribution in [1.82, 2.24) is 10.0 Å². The monoisotopic (exact) mass is 320 g/mol. The molecule has 20 heavy (non-hydrogen) atoms. The highest BCUT2D eigenvalue weighted by molar-refractivity contribution is 7.89. The van der Waals surface area contributed by atoms with Crippen molar-refractivity contribution in [2.45, 2.75) is 45.6 Å². The molecule has 0 saturated carbocycles. The molecular formula is C14H25ClN2O2S. The largest absolute Gasteiger partial charge is 0.316 e. The van der Waals surface area contributed by atoms with Gasteiger partial charge in [-0.15, -0.1) is 12.4 Å². The molecule has 1 atom stereocenters. The molecule has 0 fully saturated rings. The SMILES string of the molecule is CNC(C)CNS(=O)(=O)c1c(C)c(C)cc(C)c1C.Cl. The van der Waals surface area contributed by atoms with Gasteiger partial charge in [0, 0.05) is 12.6 Å². The van der Waals surface area contributed by atoms with Gasteiger partial charge in [-0.1, -0.05) is 6.07 Å². The molecule has 0 aliphatic heterocycles. The molecule has 6 heteroatoms. The lowest BCUT2D eigenvalue weighted by Gasteiger charge is -2.17. The molecule has 0 amide bonds. The zero-order valence-corrected chi connectivity index (χ0v) is 14.6. The maximum absolute atomic E-state index is 12.5. The van der Waals surface area contributed by atoms with E-state index >= 15 is 0 Å². The van der Waals surface area contributed by atoms with Crippen LogP contribution < -0.4 is 10.0 Å². The molecule has 0 aromatic heterocycles. The number of halogens is 1. The van der Waals surface area contributed by atoms with Crippen molar-refractivity contribution in [3.63, 3.8) is 0 Å². The summed E-state index contributed by atoms with van der Waals surface area (Å²) in [5.41, 5.74) is 3.66. The zero-order chi connectivity index (χ0) is 14.8. The Bertz CT molecular complexity index is 545. The second kappa shape index (κ2) is 7.41. The maximum atomic E-state index is 12.5. The van der Waals surface area contributed by atoms with Crippen LogP contribution in [0.1, 0.15) is 29.2 Å². The van der Waals surface area contributed by atoms with Gasteiger partial charge < -0.3 is 5.32 Å². The maximum Gasteiger partial charge on any atom is 0.241 e. The quantitative estimate of drug-likeness (QED) is 0.874. The first kappa shape index (κ1) is 19.4. The minimum Gasteiger partial charge on any atom is -0.316 e. The Morgan fingerprint density at radius 3 is 1.95 bits per heavy atom. The molecule has 1 unspecified atom stereocenters. The van der Waals surface area contributed by atoms with Gasteiger partial charge in [0.1, 0.15) is 0 Å². The molecule has 0 bridgehead atoms. The predicted molar refractivity (Wildman–Crippen MR) is 86.3 cm³/mol. The molecule has 1 aromatic carbocycles. The molecule has 0 spiro atoms.